The molecule has 1 aliphatic carbocycles. The van der Waals surface area contributed by atoms with Gasteiger partial charge in [-0.1, -0.05) is 0 Å². The van der Waals surface area contributed by atoms with Gasteiger partial charge in [-0.25, -0.2) is 19.1 Å². The van der Waals surface area contributed by atoms with Gasteiger partial charge in [-0.05, 0) is 36.6 Å². The Morgan fingerprint density at radius 2 is 2.03 bits per heavy atom. The minimum atomic E-state index is -0.642. The molecule has 0 saturated heterocycles. The second-order valence-corrected chi connectivity index (χ2v) is 8.08. The number of hydrogen-bond donors (Lipinski definition) is 1. The lowest BCUT2D eigenvalue weighted by Crippen LogP contribution is -2.42. The van der Waals surface area contributed by atoms with Crippen LogP contribution in [-0.2, 0) is 30.2 Å². The van der Waals surface area contributed by atoms with E-state index in [1.165, 1.54) is 33.8 Å². The van der Waals surface area contributed by atoms with Crippen LogP contribution in [0, 0.1) is 0 Å². The van der Waals surface area contributed by atoms with Gasteiger partial charge in [0.1, 0.15) is 11.5 Å². The highest BCUT2D eigenvalue weighted by Gasteiger charge is 2.32. The number of rotatable bonds is 6. The summed E-state index contributed by atoms with van der Waals surface area (Å²) >= 11 is 1.24. The Hall–Kier alpha value is -3.21. The number of aryl methyl sites for hydroxylation is 2. The van der Waals surface area contributed by atoms with Crippen LogP contribution in [0.4, 0.5) is 5.00 Å². The van der Waals surface area contributed by atoms with Crippen molar-refractivity contribution in [2.24, 2.45) is 14.1 Å². The third kappa shape index (κ3) is 3.34. The number of carbonyl (C=O) groups excluding carboxylic acids is 2. The number of thiophene rings is 1. The average Bonchev–Trinajstić information content (AvgIpc) is 3.35. The number of fused-ring (bicyclic) bond motifs is 1. The molecule has 0 atom stereocenters. The van der Waals surface area contributed by atoms with E-state index >= 15 is 0 Å². The standard InChI is InChI=1S/C19H21N5O5S/c1-4-29-18(27)13-11(10-5-6-10)8-30-16(13)21-12(25)7-24-17(26)14-15(20-9-22(14)2)23(3)19(24)28/h8-10H,4-7H2,1-3H3,(H,21,25). The molecule has 1 aliphatic rings. The summed E-state index contributed by atoms with van der Waals surface area (Å²) in [6, 6.07) is 0. The monoisotopic (exact) mass is 431 g/mol. The van der Waals surface area contributed by atoms with Crippen LogP contribution in [0.5, 0.6) is 0 Å². The molecule has 0 bridgehead atoms. The number of carbonyl (C=O) groups is 2. The molecular weight excluding hydrogens is 410 g/mol. The number of nitrogens with zero attached hydrogens (tertiary/aromatic N) is 4. The first-order chi connectivity index (χ1) is 14.3. The van der Waals surface area contributed by atoms with E-state index in [2.05, 4.69) is 10.3 Å². The van der Waals surface area contributed by atoms with Crippen molar-refractivity contribution in [3.05, 3.63) is 43.7 Å². The van der Waals surface area contributed by atoms with E-state index in [-0.39, 0.29) is 17.8 Å². The highest BCUT2D eigenvalue weighted by atomic mass is 32.1. The molecule has 158 valence electrons. The fraction of sp³-hybridized carbons (Fsp3) is 0.421. The molecule has 0 aromatic carbocycles. The largest absolute Gasteiger partial charge is 0.462 e. The normalized spacial score (nSPS) is 13.6. The third-order valence-corrected chi connectivity index (χ3v) is 5.99. The molecule has 30 heavy (non-hydrogen) atoms. The number of hydrogen-bond acceptors (Lipinski definition) is 7. The minimum Gasteiger partial charge on any atom is -0.462 e. The Morgan fingerprint density at radius 1 is 1.30 bits per heavy atom. The summed E-state index contributed by atoms with van der Waals surface area (Å²) in [6.45, 7) is 1.46. The van der Waals surface area contributed by atoms with Crippen LogP contribution in [0.15, 0.2) is 21.3 Å². The molecule has 3 heterocycles. The molecule has 11 heteroatoms. The maximum absolute atomic E-state index is 12.8. The maximum atomic E-state index is 12.8. The molecular formula is C19H21N5O5S. The summed E-state index contributed by atoms with van der Waals surface area (Å²) < 4.78 is 8.74. The number of esters is 1. The first-order valence-electron chi connectivity index (χ1n) is 9.52. The molecule has 1 fully saturated rings. The molecule has 0 radical (unpaired) electrons. The fourth-order valence-electron chi connectivity index (χ4n) is 3.42. The molecule has 0 unspecified atom stereocenters. The third-order valence-electron chi connectivity index (χ3n) is 5.07. The summed E-state index contributed by atoms with van der Waals surface area (Å²) in [7, 11) is 3.13. The molecule has 3 aromatic rings. The van der Waals surface area contributed by atoms with Crippen LogP contribution in [0.2, 0.25) is 0 Å². The van der Waals surface area contributed by atoms with E-state index in [1.54, 1.807) is 14.0 Å². The zero-order valence-electron chi connectivity index (χ0n) is 16.8. The van der Waals surface area contributed by atoms with Gasteiger partial charge in [0, 0.05) is 14.1 Å². The zero-order chi connectivity index (χ0) is 21.6. The number of amides is 1. The molecule has 4 rings (SSSR count). The molecule has 1 saturated carbocycles. The molecule has 10 nitrogen and oxygen atoms in total. The van der Waals surface area contributed by atoms with Crippen molar-refractivity contribution in [1.82, 2.24) is 18.7 Å². The predicted octanol–water partition coefficient (Wildman–Crippen LogP) is 1.19. The molecule has 3 aromatic heterocycles. The Balaban J connectivity index is 1.65. The Kier molecular flexibility index (Phi) is 5.06. The summed E-state index contributed by atoms with van der Waals surface area (Å²) in [5.74, 6) is -0.765. The van der Waals surface area contributed by atoms with Gasteiger partial charge >= 0.3 is 11.7 Å². The lowest BCUT2D eigenvalue weighted by molar-refractivity contribution is -0.116. The maximum Gasteiger partial charge on any atom is 0.341 e. The molecule has 1 N–H and O–H groups in total. The van der Waals surface area contributed by atoms with Crippen LogP contribution in [0.1, 0.15) is 41.6 Å². The van der Waals surface area contributed by atoms with Crippen molar-refractivity contribution < 1.29 is 14.3 Å². The van der Waals surface area contributed by atoms with Gasteiger partial charge in [-0.3, -0.25) is 14.2 Å². The van der Waals surface area contributed by atoms with Crippen LogP contribution in [0.3, 0.4) is 0 Å². The smallest absolute Gasteiger partial charge is 0.341 e. The van der Waals surface area contributed by atoms with Gasteiger partial charge in [0.05, 0.1) is 18.5 Å². The van der Waals surface area contributed by atoms with Gasteiger partial charge < -0.3 is 14.6 Å². The number of nitrogens with one attached hydrogen (secondary N) is 1. The number of anilines is 1. The van der Waals surface area contributed by atoms with E-state index in [9.17, 15) is 19.2 Å². The second kappa shape index (κ2) is 7.56. The summed E-state index contributed by atoms with van der Waals surface area (Å²) in [5, 5.41) is 4.90. The van der Waals surface area contributed by atoms with Gasteiger partial charge in [0.15, 0.2) is 11.2 Å². The van der Waals surface area contributed by atoms with E-state index in [0.717, 1.165) is 23.0 Å². The Bertz CT molecular complexity index is 1280. The van der Waals surface area contributed by atoms with E-state index in [4.69, 9.17) is 4.74 Å². The minimum absolute atomic E-state index is 0.225. The van der Waals surface area contributed by atoms with Crippen LogP contribution in [0.25, 0.3) is 11.2 Å². The van der Waals surface area contributed by atoms with Crippen molar-refractivity contribution in [2.45, 2.75) is 32.2 Å². The highest BCUT2D eigenvalue weighted by Crippen LogP contribution is 2.46. The van der Waals surface area contributed by atoms with Crippen molar-refractivity contribution >= 4 is 39.4 Å². The lowest BCUT2D eigenvalue weighted by atomic mass is 10.1. The number of ether oxygens (including phenoxy) is 1. The first kappa shape index (κ1) is 20.1. The Morgan fingerprint density at radius 3 is 2.70 bits per heavy atom. The van der Waals surface area contributed by atoms with Crippen molar-refractivity contribution in [1.29, 1.82) is 0 Å². The van der Waals surface area contributed by atoms with E-state index in [1.807, 2.05) is 5.38 Å². The quantitative estimate of drug-likeness (QED) is 0.586. The second-order valence-electron chi connectivity index (χ2n) is 7.20. The zero-order valence-corrected chi connectivity index (χ0v) is 17.6. The first-order valence-corrected chi connectivity index (χ1v) is 10.4. The van der Waals surface area contributed by atoms with Gasteiger partial charge in [-0.2, -0.15) is 0 Å². The van der Waals surface area contributed by atoms with E-state index in [0.29, 0.717) is 16.5 Å². The topological polar surface area (TPSA) is 117 Å². The summed E-state index contributed by atoms with van der Waals surface area (Å²) in [4.78, 5) is 54.6. The molecule has 0 aliphatic heterocycles. The molecule has 1 amide bonds. The van der Waals surface area contributed by atoms with Gasteiger partial charge in [-0.15, -0.1) is 11.3 Å². The van der Waals surface area contributed by atoms with Gasteiger partial charge in [0.25, 0.3) is 5.56 Å². The van der Waals surface area contributed by atoms with Crippen LogP contribution < -0.4 is 16.6 Å². The number of aromatic nitrogens is 4. The lowest BCUT2D eigenvalue weighted by Gasteiger charge is -2.10. The summed E-state index contributed by atoms with van der Waals surface area (Å²) in [6.07, 6.45) is 3.42. The van der Waals surface area contributed by atoms with Gasteiger partial charge in [0.2, 0.25) is 5.91 Å². The van der Waals surface area contributed by atoms with Crippen LogP contribution in [-0.4, -0.2) is 37.2 Å². The summed E-state index contributed by atoms with van der Waals surface area (Å²) in [5.41, 5.74) is 0.471. The molecule has 0 spiro atoms. The van der Waals surface area contributed by atoms with Crippen LogP contribution >= 0.6 is 11.3 Å². The average molecular weight is 431 g/mol. The fourth-order valence-corrected chi connectivity index (χ4v) is 4.46. The number of imidazole rings is 1. The van der Waals surface area contributed by atoms with Crippen molar-refractivity contribution in [3.63, 3.8) is 0 Å². The SMILES string of the molecule is CCOC(=O)c1c(C2CC2)csc1NC(=O)Cn1c(=O)c2c(ncn2C)n(C)c1=O. The van der Waals surface area contributed by atoms with Crippen molar-refractivity contribution in [3.8, 4) is 0 Å². The Labute approximate surface area is 174 Å². The predicted molar refractivity (Wildman–Crippen MR) is 111 cm³/mol. The van der Waals surface area contributed by atoms with Crippen molar-refractivity contribution in [2.75, 3.05) is 11.9 Å². The highest BCUT2D eigenvalue weighted by molar-refractivity contribution is 7.15. The van der Waals surface area contributed by atoms with E-state index < -0.39 is 29.7 Å².